The molecule has 14 heteroatoms. The second-order valence-electron chi connectivity index (χ2n) is 11.2. The highest BCUT2D eigenvalue weighted by Crippen LogP contribution is 2.41. The highest BCUT2D eigenvalue weighted by atomic mass is 35.5. The maximum absolute atomic E-state index is 13.3. The Kier molecular flexibility index (Phi) is 7.28. The summed E-state index contributed by atoms with van der Waals surface area (Å²) in [4.78, 5) is 64.3. The Morgan fingerprint density at radius 2 is 1.76 bits per heavy atom. The van der Waals surface area contributed by atoms with Gasteiger partial charge in [0.25, 0.3) is 17.7 Å². The van der Waals surface area contributed by atoms with E-state index in [0.29, 0.717) is 30.3 Å². The van der Waals surface area contributed by atoms with E-state index in [1.54, 1.807) is 12.3 Å². The number of imide groups is 1. The number of anilines is 1. The molecule has 6 rings (SSSR count). The van der Waals surface area contributed by atoms with Crippen molar-refractivity contribution in [3.05, 3.63) is 81.6 Å². The maximum atomic E-state index is 13.3. The van der Waals surface area contributed by atoms with Gasteiger partial charge in [-0.25, -0.2) is 0 Å². The van der Waals surface area contributed by atoms with Gasteiger partial charge in [-0.05, 0) is 62.1 Å². The summed E-state index contributed by atoms with van der Waals surface area (Å²) in [6.45, 7) is -0.158. The molecule has 1 aliphatic carbocycles. The van der Waals surface area contributed by atoms with E-state index in [1.165, 1.54) is 23.0 Å². The molecule has 2 aromatic carbocycles. The summed E-state index contributed by atoms with van der Waals surface area (Å²) in [6, 6.07) is 7.18. The lowest BCUT2D eigenvalue weighted by Crippen LogP contribution is -2.61. The molecular weight excluding hydrogens is 615 g/mol. The van der Waals surface area contributed by atoms with E-state index in [9.17, 15) is 37.1 Å². The Bertz CT molecular complexity index is 1840. The molecule has 3 heterocycles. The smallest absolute Gasteiger partial charge is 0.353 e. The van der Waals surface area contributed by atoms with Crippen LogP contribution < -0.4 is 10.6 Å². The molecule has 1 saturated carbocycles. The molecule has 45 heavy (non-hydrogen) atoms. The highest BCUT2D eigenvalue weighted by molar-refractivity contribution is 6.33. The molecule has 2 aliphatic heterocycles. The van der Waals surface area contributed by atoms with Gasteiger partial charge in [-0.1, -0.05) is 23.4 Å². The number of halogens is 4. The average Bonchev–Trinajstić information content (AvgIpc) is 3.55. The fraction of sp³-hybridized carbons (Fsp3) is 0.290. The highest BCUT2D eigenvalue weighted by Gasteiger charge is 2.51. The van der Waals surface area contributed by atoms with E-state index in [1.807, 2.05) is 0 Å². The molecule has 230 valence electrons. The first-order chi connectivity index (χ1) is 21.4. The fourth-order valence-corrected chi connectivity index (χ4v) is 5.92. The molecule has 4 amide bonds. The number of amides is 4. The molecule has 1 atom stereocenters. The number of benzene rings is 2. The Hall–Kier alpha value is -4.96. The van der Waals surface area contributed by atoms with E-state index in [0.717, 1.165) is 29.5 Å². The van der Waals surface area contributed by atoms with Gasteiger partial charge in [0.2, 0.25) is 5.91 Å². The standard InChI is InChI=1S/C31H23ClF3N5O5/c32-23-13-20(31(33,34)35)5-7-24(23)38-28(45)30(9-1-10-30)39-15-19(14-37-39)3-2-18-4-6-21-22(12-18)27(44)40(26(21)43)29(17-41)11-8-25(42)36-16-29/h4-7,12-15,17H,1,8-11,16H2,(H,36,42)(H,38,45). The van der Waals surface area contributed by atoms with Crippen LogP contribution in [-0.2, 0) is 26.1 Å². The van der Waals surface area contributed by atoms with Crippen LogP contribution in [0.2, 0.25) is 5.02 Å². The summed E-state index contributed by atoms with van der Waals surface area (Å²) >= 11 is 6.03. The van der Waals surface area contributed by atoms with Crippen molar-refractivity contribution in [1.29, 1.82) is 0 Å². The van der Waals surface area contributed by atoms with E-state index in [4.69, 9.17) is 11.6 Å². The van der Waals surface area contributed by atoms with E-state index in [-0.39, 0.29) is 47.1 Å². The van der Waals surface area contributed by atoms with Crippen molar-refractivity contribution in [2.75, 3.05) is 11.9 Å². The molecule has 3 aliphatic rings. The Morgan fingerprint density at radius 3 is 2.38 bits per heavy atom. The largest absolute Gasteiger partial charge is 0.416 e. The number of aromatic nitrogens is 2. The van der Waals surface area contributed by atoms with Gasteiger partial charge < -0.3 is 15.4 Å². The minimum absolute atomic E-state index is 0.00228. The first-order valence-electron chi connectivity index (χ1n) is 13.9. The molecule has 2 fully saturated rings. The predicted octanol–water partition coefficient (Wildman–Crippen LogP) is 3.92. The van der Waals surface area contributed by atoms with Gasteiger partial charge in [-0.3, -0.25) is 28.8 Å². The number of carbonyl (C=O) groups is 5. The number of alkyl halides is 3. The van der Waals surface area contributed by atoms with Gasteiger partial charge in [0, 0.05) is 24.7 Å². The topological polar surface area (TPSA) is 130 Å². The van der Waals surface area contributed by atoms with E-state index < -0.39 is 40.5 Å². The number of nitrogens with zero attached hydrogens (tertiary/aromatic N) is 3. The first kappa shape index (κ1) is 30.1. The second kappa shape index (κ2) is 10.9. The van der Waals surface area contributed by atoms with Gasteiger partial charge in [0.1, 0.15) is 17.4 Å². The molecular formula is C31H23ClF3N5O5. The quantitative estimate of drug-likeness (QED) is 0.248. The first-order valence-corrected chi connectivity index (χ1v) is 14.3. The van der Waals surface area contributed by atoms with Crippen molar-refractivity contribution >= 4 is 47.2 Å². The lowest BCUT2D eigenvalue weighted by molar-refractivity contribution is -0.137. The monoisotopic (exact) mass is 637 g/mol. The third-order valence-corrected chi connectivity index (χ3v) is 8.76. The normalized spacial score (nSPS) is 20.4. The number of carbonyl (C=O) groups excluding carboxylic acids is 5. The molecule has 2 N–H and O–H groups in total. The Balaban J connectivity index is 1.20. The molecule has 1 saturated heterocycles. The number of hydrogen-bond donors (Lipinski definition) is 2. The number of aldehydes is 1. The minimum Gasteiger partial charge on any atom is -0.353 e. The maximum Gasteiger partial charge on any atom is 0.416 e. The third-order valence-electron chi connectivity index (χ3n) is 8.45. The molecule has 10 nitrogen and oxygen atoms in total. The van der Waals surface area contributed by atoms with Crippen LogP contribution in [0.25, 0.3) is 0 Å². The summed E-state index contributed by atoms with van der Waals surface area (Å²) in [6.07, 6.45) is 0.629. The zero-order valence-electron chi connectivity index (χ0n) is 23.3. The van der Waals surface area contributed by atoms with Gasteiger partial charge in [0.05, 0.1) is 39.2 Å². The molecule has 0 bridgehead atoms. The van der Waals surface area contributed by atoms with Gasteiger partial charge >= 0.3 is 6.18 Å². The van der Waals surface area contributed by atoms with Crippen LogP contribution in [0.1, 0.15) is 69.5 Å². The Morgan fingerprint density at radius 1 is 1.02 bits per heavy atom. The third kappa shape index (κ3) is 5.14. The minimum atomic E-state index is -4.57. The van der Waals surface area contributed by atoms with Crippen molar-refractivity contribution < 1.29 is 37.1 Å². The van der Waals surface area contributed by atoms with Crippen LogP contribution in [0.4, 0.5) is 18.9 Å². The summed E-state index contributed by atoms with van der Waals surface area (Å²) in [5.74, 6) is 3.83. The van der Waals surface area contributed by atoms with Crippen LogP contribution in [0, 0.1) is 11.8 Å². The van der Waals surface area contributed by atoms with Crippen molar-refractivity contribution in [3.8, 4) is 11.8 Å². The predicted molar refractivity (Wildman–Crippen MR) is 153 cm³/mol. The van der Waals surface area contributed by atoms with Crippen LogP contribution in [0.15, 0.2) is 48.8 Å². The number of piperidine rings is 1. The summed E-state index contributed by atoms with van der Waals surface area (Å²) < 4.78 is 40.5. The van der Waals surface area contributed by atoms with Crippen LogP contribution in [0.5, 0.6) is 0 Å². The zero-order valence-corrected chi connectivity index (χ0v) is 24.1. The van der Waals surface area contributed by atoms with Crippen LogP contribution >= 0.6 is 11.6 Å². The zero-order chi connectivity index (χ0) is 32.1. The molecule has 0 spiro atoms. The van der Waals surface area contributed by atoms with Crippen molar-refractivity contribution in [1.82, 2.24) is 20.0 Å². The number of hydrogen-bond acceptors (Lipinski definition) is 6. The summed E-state index contributed by atoms with van der Waals surface area (Å²) in [7, 11) is 0. The summed E-state index contributed by atoms with van der Waals surface area (Å²) in [5.41, 5.74) is -2.36. The average molecular weight is 638 g/mol. The SMILES string of the molecule is O=CC1(N2C(=O)c3ccc(C#Cc4cnn(C5(C(=O)Nc6ccc(C(F)(F)F)cc6Cl)CCC5)c4)cc3C2=O)CCC(=O)NC1. The number of rotatable bonds is 5. The van der Waals surface area contributed by atoms with Gasteiger partial charge in [-0.2, -0.15) is 18.3 Å². The summed E-state index contributed by atoms with van der Waals surface area (Å²) in [5, 5.41) is 9.25. The molecule has 1 aromatic heterocycles. The molecule has 0 radical (unpaired) electrons. The lowest BCUT2D eigenvalue weighted by atomic mass is 9.76. The lowest BCUT2D eigenvalue weighted by Gasteiger charge is -2.40. The fourth-order valence-electron chi connectivity index (χ4n) is 5.69. The number of fused-ring (bicyclic) bond motifs is 1. The number of nitrogens with one attached hydrogen (secondary N) is 2. The van der Waals surface area contributed by atoms with Crippen molar-refractivity contribution in [3.63, 3.8) is 0 Å². The van der Waals surface area contributed by atoms with Gasteiger partial charge in [-0.15, -0.1) is 0 Å². The second-order valence-corrected chi connectivity index (χ2v) is 11.6. The van der Waals surface area contributed by atoms with Crippen molar-refractivity contribution in [2.24, 2.45) is 0 Å². The Labute approximate surface area is 258 Å². The van der Waals surface area contributed by atoms with Crippen molar-refractivity contribution in [2.45, 2.75) is 49.4 Å². The molecule has 3 aromatic rings. The van der Waals surface area contributed by atoms with Gasteiger partial charge in [0.15, 0.2) is 0 Å². The van der Waals surface area contributed by atoms with Crippen LogP contribution in [-0.4, -0.2) is 56.7 Å². The molecule has 1 unspecified atom stereocenters. The van der Waals surface area contributed by atoms with E-state index in [2.05, 4.69) is 27.6 Å². The van der Waals surface area contributed by atoms with Crippen LogP contribution in [0.3, 0.4) is 0 Å². The van der Waals surface area contributed by atoms with E-state index >= 15 is 0 Å².